The molecule has 0 amide bonds. The summed E-state index contributed by atoms with van der Waals surface area (Å²) in [5.74, 6) is 0. The lowest BCUT2D eigenvalue weighted by molar-refractivity contribution is 1.21. The molecule has 0 saturated carbocycles. The topological polar surface area (TPSA) is 4.41 Å². The van der Waals surface area contributed by atoms with E-state index < -0.39 is 0 Å². The monoisotopic (exact) mass is 443 g/mol. The Morgan fingerprint density at radius 2 is 1.23 bits per heavy atom. The first kappa shape index (κ1) is 18.0. The Labute approximate surface area is 202 Å². The van der Waals surface area contributed by atoms with Crippen LogP contribution in [0.25, 0.3) is 60.3 Å². The van der Waals surface area contributed by atoms with Crippen molar-refractivity contribution in [1.29, 1.82) is 0 Å². The van der Waals surface area contributed by atoms with Gasteiger partial charge in [0.15, 0.2) is 0 Å². The molecule has 0 N–H and O–H groups in total. The van der Waals surface area contributed by atoms with Gasteiger partial charge in [-0.2, -0.15) is 0 Å². The fourth-order valence-electron chi connectivity index (χ4n) is 6.91. The second-order valence-corrected chi connectivity index (χ2v) is 10.1. The maximum absolute atomic E-state index is 2.50. The normalized spacial score (nSPS) is 13.5. The zero-order valence-electron chi connectivity index (χ0n) is 19.2. The van der Waals surface area contributed by atoms with Gasteiger partial charge in [-0.3, -0.25) is 0 Å². The summed E-state index contributed by atoms with van der Waals surface area (Å²) in [6.07, 6.45) is 2.07. The van der Waals surface area contributed by atoms with Crippen LogP contribution in [-0.4, -0.2) is 4.40 Å². The van der Waals surface area contributed by atoms with Crippen molar-refractivity contribution in [3.05, 3.63) is 125 Å². The van der Waals surface area contributed by atoms with Crippen LogP contribution in [0.4, 0.5) is 0 Å². The van der Waals surface area contributed by atoms with E-state index >= 15 is 0 Å². The fraction of sp³-hybridized carbons (Fsp3) is 0.0588. The summed E-state index contributed by atoms with van der Waals surface area (Å²) in [4.78, 5) is 0. The first-order valence-electron chi connectivity index (χ1n) is 12.5. The van der Waals surface area contributed by atoms with Gasteiger partial charge in [-0.25, -0.2) is 0 Å². The molecule has 9 rings (SSSR count). The molecule has 5 aromatic carbocycles. The summed E-state index contributed by atoms with van der Waals surface area (Å²) < 4.78 is 2.48. The minimum atomic E-state index is 1.02. The van der Waals surface area contributed by atoms with Gasteiger partial charge in [0.05, 0.1) is 16.6 Å². The van der Waals surface area contributed by atoms with E-state index in [9.17, 15) is 0 Å². The predicted octanol–water partition coefficient (Wildman–Crippen LogP) is 8.54. The van der Waals surface area contributed by atoms with Gasteiger partial charge in [0, 0.05) is 16.2 Å². The van der Waals surface area contributed by atoms with E-state index in [2.05, 4.69) is 108 Å². The van der Waals surface area contributed by atoms with E-state index in [1.54, 1.807) is 0 Å². The van der Waals surface area contributed by atoms with Crippen LogP contribution in [0.1, 0.15) is 22.3 Å². The Bertz CT molecular complexity index is 2050. The van der Waals surface area contributed by atoms with Crippen LogP contribution >= 0.6 is 0 Å². The van der Waals surface area contributed by atoms with Gasteiger partial charge in [-0.1, -0.05) is 78.9 Å². The third-order valence-corrected chi connectivity index (χ3v) is 8.36. The number of para-hydroxylation sites is 2. The van der Waals surface area contributed by atoms with Crippen LogP contribution in [0.5, 0.6) is 0 Å². The average molecular weight is 444 g/mol. The van der Waals surface area contributed by atoms with E-state index in [-0.39, 0.29) is 0 Å². The number of fused-ring (bicyclic) bond motifs is 15. The molecule has 0 unspecified atom stereocenters. The summed E-state index contributed by atoms with van der Waals surface area (Å²) in [6, 6.07) is 38.7. The van der Waals surface area contributed by atoms with Crippen LogP contribution in [0.3, 0.4) is 0 Å². The molecule has 2 aliphatic rings. The highest BCUT2D eigenvalue weighted by molar-refractivity contribution is 6.21. The summed E-state index contributed by atoms with van der Waals surface area (Å²) >= 11 is 0. The molecule has 0 aliphatic heterocycles. The zero-order valence-corrected chi connectivity index (χ0v) is 19.2. The van der Waals surface area contributed by atoms with Gasteiger partial charge in [0.25, 0.3) is 0 Å². The van der Waals surface area contributed by atoms with Crippen molar-refractivity contribution in [1.82, 2.24) is 4.40 Å². The lowest BCUT2D eigenvalue weighted by Gasteiger charge is -2.14. The number of rotatable bonds is 0. The maximum Gasteiger partial charge on any atom is 0.0553 e. The highest BCUT2D eigenvalue weighted by atomic mass is 14.9. The van der Waals surface area contributed by atoms with Crippen molar-refractivity contribution in [2.24, 2.45) is 0 Å². The van der Waals surface area contributed by atoms with Gasteiger partial charge >= 0.3 is 0 Å². The molecule has 162 valence electrons. The Morgan fingerprint density at radius 3 is 2.20 bits per heavy atom. The molecule has 0 atom stereocenters. The van der Waals surface area contributed by atoms with E-state index in [4.69, 9.17) is 0 Å². The molecule has 2 aliphatic carbocycles. The van der Waals surface area contributed by atoms with E-state index in [1.165, 1.54) is 82.6 Å². The maximum atomic E-state index is 2.50. The molecule has 1 nitrogen and oxygen atoms in total. The third kappa shape index (κ3) is 2.19. The van der Waals surface area contributed by atoms with Crippen molar-refractivity contribution in [2.75, 3.05) is 0 Å². The quantitative estimate of drug-likeness (QED) is 0.207. The number of benzene rings is 5. The van der Waals surface area contributed by atoms with Crippen molar-refractivity contribution in [2.45, 2.75) is 12.8 Å². The van der Waals surface area contributed by atoms with Crippen LogP contribution in [0.15, 0.2) is 103 Å². The number of hydrogen-bond acceptors (Lipinski definition) is 0. The largest absolute Gasteiger partial charge is 0.309 e. The summed E-state index contributed by atoms with van der Waals surface area (Å²) in [7, 11) is 0. The van der Waals surface area contributed by atoms with E-state index in [0.717, 1.165) is 12.8 Å². The lowest BCUT2D eigenvalue weighted by Crippen LogP contribution is -1.93. The van der Waals surface area contributed by atoms with E-state index in [1.807, 2.05) is 0 Å². The summed E-state index contributed by atoms with van der Waals surface area (Å²) in [5.41, 5.74) is 15.4. The molecule has 1 heteroatoms. The minimum Gasteiger partial charge on any atom is -0.309 e. The highest BCUT2D eigenvalue weighted by Crippen LogP contribution is 2.49. The highest BCUT2D eigenvalue weighted by Gasteiger charge is 2.28. The Morgan fingerprint density at radius 1 is 0.457 bits per heavy atom. The van der Waals surface area contributed by atoms with Gasteiger partial charge in [-0.15, -0.1) is 0 Å². The Kier molecular flexibility index (Phi) is 3.19. The molecule has 0 bridgehead atoms. The summed E-state index contributed by atoms with van der Waals surface area (Å²) in [6.45, 7) is 0. The Hall–Kier alpha value is -4.36. The van der Waals surface area contributed by atoms with Crippen LogP contribution < -0.4 is 0 Å². The van der Waals surface area contributed by atoms with E-state index in [0.29, 0.717) is 0 Å². The number of hydrogen-bond donors (Lipinski definition) is 0. The molecule has 0 spiro atoms. The SMILES string of the molecule is c1ccc2c(c1)Cc1cc3c(cc1-2)-c1c(ccc2c4ccccc4n4c5ccccc5cc4c12)C3. The third-order valence-electron chi connectivity index (χ3n) is 8.36. The minimum absolute atomic E-state index is 1.02. The molecule has 7 aromatic rings. The fourth-order valence-corrected chi connectivity index (χ4v) is 6.91. The van der Waals surface area contributed by atoms with Crippen molar-refractivity contribution in [3.8, 4) is 22.3 Å². The smallest absolute Gasteiger partial charge is 0.0553 e. The molecule has 0 saturated heterocycles. The second-order valence-electron chi connectivity index (χ2n) is 10.1. The van der Waals surface area contributed by atoms with Crippen LogP contribution in [0, 0.1) is 0 Å². The number of aromatic nitrogens is 1. The van der Waals surface area contributed by atoms with Gasteiger partial charge in [0.2, 0.25) is 0 Å². The van der Waals surface area contributed by atoms with Crippen molar-refractivity contribution in [3.63, 3.8) is 0 Å². The molecule has 35 heavy (non-hydrogen) atoms. The van der Waals surface area contributed by atoms with Crippen molar-refractivity contribution >= 4 is 38.1 Å². The molecule has 0 radical (unpaired) electrons. The van der Waals surface area contributed by atoms with Gasteiger partial charge in [-0.05, 0) is 87.0 Å². The van der Waals surface area contributed by atoms with Crippen LogP contribution in [0.2, 0.25) is 0 Å². The number of pyridine rings is 1. The molecular weight excluding hydrogens is 422 g/mol. The standard InChI is InChI=1S/C34H21N/c1-3-9-25-20(7-1)15-23-17-24-16-22-13-14-27-26-10-4-6-12-31(26)35-30-11-5-2-8-21(30)18-32(35)34(27)33(22)29(24)19-28(23)25/h1-14,17-19H,15-16H2. The predicted molar refractivity (Wildman–Crippen MR) is 146 cm³/mol. The lowest BCUT2D eigenvalue weighted by atomic mass is 9.93. The first-order valence-corrected chi connectivity index (χ1v) is 12.5. The van der Waals surface area contributed by atoms with Crippen LogP contribution in [-0.2, 0) is 12.8 Å². The zero-order chi connectivity index (χ0) is 22.7. The first-order chi connectivity index (χ1) is 17.3. The average Bonchev–Trinajstić information content (AvgIpc) is 3.58. The number of nitrogens with zero attached hydrogens (tertiary/aromatic N) is 1. The van der Waals surface area contributed by atoms with Crippen molar-refractivity contribution < 1.29 is 0 Å². The molecule has 2 aromatic heterocycles. The second kappa shape index (κ2) is 6.20. The molecule has 0 fully saturated rings. The molecular formula is C34H21N. The van der Waals surface area contributed by atoms with Gasteiger partial charge in [0.1, 0.15) is 0 Å². The van der Waals surface area contributed by atoms with Gasteiger partial charge < -0.3 is 4.40 Å². The Balaban J connectivity index is 1.48. The molecule has 2 heterocycles. The summed E-state index contributed by atoms with van der Waals surface area (Å²) in [5, 5.41) is 5.36.